The highest BCUT2D eigenvalue weighted by atomic mass is 35.5. The van der Waals surface area contributed by atoms with Crippen molar-refractivity contribution in [3.63, 3.8) is 0 Å². The molecule has 0 saturated heterocycles. The second-order valence-electron chi connectivity index (χ2n) is 4.58. The maximum atomic E-state index is 12.1. The van der Waals surface area contributed by atoms with Crippen molar-refractivity contribution < 1.29 is 19.2 Å². The zero-order chi connectivity index (χ0) is 16.3. The van der Waals surface area contributed by atoms with Crippen LogP contribution in [0.15, 0.2) is 29.7 Å². The summed E-state index contributed by atoms with van der Waals surface area (Å²) in [4.78, 5) is 22.6. The van der Waals surface area contributed by atoms with Gasteiger partial charge < -0.3 is 9.47 Å². The lowest BCUT2D eigenvalue weighted by Gasteiger charge is -2.16. The fourth-order valence-electron chi connectivity index (χ4n) is 2.27. The molecule has 1 aliphatic heterocycles. The van der Waals surface area contributed by atoms with Gasteiger partial charge in [0.2, 0.25) is 12.3 Å². The lowest BCUT2D eigenvalue weighted by atomic mass is 9.89. The van der Waals surface area contributed by atoms with Crippen LogP contribution in [-0.2, 0) is 14.3 Å². The first-order valence-electron chi connectivity index (χ1n) is 6.53. The molecule has 6 nitrogen and oxygen atoms in total. The Bertz CT molecular complexity index is 644. The molecule has 1 heterocycles. The number of benzene rings is 1. The van der Waals surface area contributed by atoms with Gasteiger partial charge in [-0.05, 0) is 24.6 Å². The van der Waals surface area contributed by atoms with Gasteiger partial charge in [-0.3, -0.25) is 14.9 Å². The Morgan fingerprint density at radius 3 is 2.77 bits per heavy atom. The fourth-order valence-corrected chi connectivity index (χ4v) is 2.81. The van der Waals surface area contributed by atoms with Gasteiger partial charge in [0.05, 0.1) is 18.1 Å². The van der Waals surface area contributed by atoms with Crippen LogP contribution < -0.4 is 0 Å². The number of nitrogens with zero attached hydrogens (tertiary/aromatic N) is 1. The number of carbonyl (C=O) groups excluding carboxylic acids is 1. The van der Waals surface area contributed by atoms with Gasteiger partial charge in [-0.25, -0.2) is 0 Å². The Balaban J connectivity index is 2.52. The van der Waals surface area contributed by atoms with Crippen LogP contribution in [0.4, 0.5) is 0 Å². The number of carbonyl (C=O) groups is 1. The summed E-state index contributed by atoms with van der Waals surface area (Å²) in [6, 6.07) is 4.62. The summed E-state index contributed by atoms with van der Waals surface area (Å²) in [6.07, 6.45) is 0. The largest absolute Gasteiger partial charge is 0.465 e. The molecule has 0 saturated carbocycles. The van der Waals surface area contributed by atoms with Crippen LogP contribution >= 0.6 is 23.2 Å². The Morgan fingerprint density at radius 2 is 2.18 bits per heavy atom. The predicted octanol–water partition coefficient (Wildman–Crippen LogP) is 3.20. The molecule has 0 radical (unpaired) electrons. The molecule has 1 atom stereocenters. The number of rotatable bonds is 6. The van der Waals surface area contributed by atoms with E-state index in [0.717, 1.165) is 0 Å². The van der Waals surface area contributed by atoms with E-state index in [0.29, 0.717) is 10.6 Å². The number of nitro groups is 1. The Morgan fingerprint density at radius 1 is 1.45 bits per heavy atom. The molecule has 1 aromatic carbocycles. The van der Waals surface area contributed by atoms with Crippen LogP contribution in [0.2, 0.25) is 10.0 Å². The first-order valence-corrected chi connectivity index (χ1v) is 7.29. The van der Waals surface area contributed by atoms with Gasteiger partial charge in [0.25, 0.3) is 5.95 Å². The second-order valence-corrected chi connectivity index (χ2v) is 5.42. The van der Waals surface area contributed by atoms with Crippen LogP contribution in [0.1, 0.15) is 18.4 Å². The lowest BCUT2D eigenvalue weighted by molar-refractivity contribution is -0.481. The molecule has 22 heavy (non-hydrogen) atoms. The predicted molar refractivity (Wildman–Crippen MR) is 80.7 cm³/mol. The third-order valence-corrected chi connectivity index (χ3v) is 3.71. The van der Waals surface area contributed by atoms with Crippen molar-refractivity contribution in [3.8, 4) is 0 Å². The van der Waals surface area contributed by atoms with Crippen LogP contribution in [-0.4, -0.2) is 30.5 Å². The maximum absolute atomic E-state index is 12.1. The molecule has 0 aromatic heterocycles. The van der Waals surface area contributed by atoms with E-state index in [1.165, 1.54) is 6.07 Å². The summed E-state index contributed by atoms with van der Waals surface area (Å²) >= 11 is 12.0. The lowest BCUT2D eigenvalue weighted by Crippen LogP contribution is -2.20. The standard InChI is InChI=1S/C14H13Cl2NO5/c1-2-21-14-13(12(18)7-22-14)10(6-17(19)20)9-4-3-8(15)5-11(9)16/h3-5,10H,2,6-7H2,1H3/t10-/m0/s1. The van der Waals surface area contributed by atoms with Crippen LogP contribution in [0.5, 0.6) is 0 Å². The van der Waals surface area contributed by atoms with Gasteiger partial charge in [-0.15, -0.1) is 0 Å². The SMILES string of the molecule is CCOC1=C([C@@H](C[N+](=O)[O-])c2ccc(Cl)cc2Cl)C(=O)CO1. The highest BCUT2D eigenvalue weighted by Crippen LogP contribution is 2.36. The van der Waals surface area contributed by atoms with Crippen LogP contribution in [0, 0.1) is 10.1 Å². The van der Waals surface area contributed by atoms with E-state index in [9.17, 15) is 14.9 Å². The van der Waals surface area contributed by atoms with Gasteiger partial charge >= 0.3 is 0 Å². The molecule has 0 unspecified atom stereocenters. The summed E-state index contributed by atoms with van der Waals surface area (Å²) in [5.74, 6) is -1.16. The maximum Gasteiger partial charge on any atom is 0.287 e. The van der Waals surface area contributed by atoms with Crippen molar-refractivity contribution in [2.75, 3.05) is 19.8 Å². The van der Waals surface area contributed by atoms with Crippen LogP contribution in [0.3, 0.4) is 0 Å². The van der Waals surface area contributed by atoms with Crippen molar-refractivity contribution in [1.29, 1.82) is 0 Å². The summed E-state index contributed by atoms with van der Waals surface area (Å²) in [6.45, 7) is 1.33. The number of ether oxygens (including phenoxy) is 2. The molecule has 1 aliphatic rings. The highest BCUT2D eigenvalue weighted by Gasteiger charge is 2.37. The normalized spacial score (nSPS) is 15.7. The highest BCUT2D eigenvalue weighted by molar-refractivity contribution is 6.35. The third-order valence-electron chi connectivity index (χ3n) is 3.15. The molecule has 0 N–H and O–H groups in total. The molecule has 8 heteroatoms. The molecule has 0 spiro atoms. The molecule has 0 amide bonds. The van der Waals surface area contributed by atoms with E-state index in [1.54, 1.807) is 19.1 Å². The first kappa shape index (κ1) is 16.6. The first-order chi connectivity index (χ1) is 10.4. The Hall–Kier alpha value is -1.79. The zero-order valence-corrected chi connectivity index (χ0v) is 13.2. The minimum absolute atomic E-state index is 0.0327. The van der Waals surface area contributed by atoms with Gasteiger partial charge in [-0.2, -0.15) is 0 Å². The summed E-state index contributed by atoms with van der Waals surface area (Å²) < 4.78 is 10.5. The van der Waals surface area contributed by atoms with Crippen molar-refractivity contribution in [2.24, 2.45) is 0 Å². The molecular weight excluding hydrogens is 333 g/mol. The molecule has 2 rings (SSSR count). The average molecular weight is 346 g/mol. The van der Waals surface area contributed by atoms with Crippen molar-refractivity contribution >= 4 is 29.0 Å². The zero-order valence-electron chi connectivity index (χ0n) is 11.7. The molecule has 0 aliphatic carbocycles. The topological polar surface area (TPSA) is 78.7 Å². The number of hydrogen-bond acceptors (Lipinski definition) is 5. The van der Waals surface area contributed by atoms with Gasteiger partial charge in [0, 0.05) is 15.0 Å². The van der Waals surface area contributed by atoms with Gasteiger partial charge in [0.15, 0.2) is 6.61 Å². The van der Waals surface area contributed by atoms with Crippen molar-refractivity contribution in [2.45, 2.75) is 12.8 Å². The van der Waals surface area contributed by atoms with Gasteiger partial charge in [0.1, 0.15) is 0 Å². The quantitative estimate of drug-likeness (QED) is 0.584. The Kier molecular flexibility index (Phi) is 5.26. The van der Waals surface area contributed by atoms with E-state index in [2.05, 4.69) is 0 Å². The molecule has 1 aromatic rings. The second kappa shape index (κ2) is 6.98. The minimum atomic E-state index is -0.851. The summed E-state index contributed by atoms with van der Waals surface area (Å²) in [5.41, 5.74) is 0.580. The fraction of sp³-hybridized carbons (Fsp3) is 0.357. The van der Waals surface area contributed by atoms with E-state index in [1.807, 2.05) is 0 Å². The van der Waals surface area contributed by atoms with E-state index in [4.69, 9.17) is 32.7 Å². The smallest absolute Gasteiger partial charge is 0.287 e. The Labute approximate surface area is 136 Å². The third kappa shape index (κ3) is 3.51. The summed E-state index contributed by atoms with van der Waals surface area (Å²) in [5, 5.41) is 11.7. The average Bonchev–Trinajstić information content (AvgIpc) is 2.78. The molecule has 0 fully saturated rings. The van der Waals surface area contributed by atoms with Crippen molar-refractivity contribution in [3.05, 3.63) is 55.4 Å². The van der Waals surface area contributed by atoms with Crippen molar-refractivity contribution in [1.82, 2.24) is 0 Å². The molecule has 0 bridgehead atoms. The molecular formula is C14H13Cl2NO5. The summed E-state index contributed by atoms with van der Waals surface area (Å²) in [7, 11) is 0. The number of halogens is 2. The van der Waals surface area contributed by atoms with E-state index in [-0.39, 0.29) is 35.5 Å². The van der Waals surface area contributed by atoms with Crippen LogP contribution in [0.25, 0.3) is 0 Å². The monoisotopic (exact) mass is 345 g/mol. The number of Topliss-reactive ketones (excluding diaryl/α,β-unsaturated/α-hetero) is 1. The number of ketones is 1. The minimum Gasteiger partial charge on any atom is -0.465 e. The van der Waals surface area contributed by atoms with Gasteiger partial charge in [-0.1, -0.05) is 29.3 Å². The number of hydrogen-bond donors (Lipinski definition) is 0. The van der Waals surface area contributed by atoms with E-state index >= 15 is 0 Å². The molecule has 118 valence electrons. The van der Waals surface area contributed by atoms with E-state index < -0.39 is 17.4 Å².